The average Bonchev–Trinajstić information content (AvgIpc) is 2.63. The van der Waals surface area contributed by atoms with E-state index < -0.39 is 0 Å². The molecule has 0 radical (unpaired) electrons. The molecular weight excluding hydrogens is 219 g/mol. The van der Waals surface area contributed by atoms with Crippen LogP contribution in [-0.4, -0.2) is 24.5 Å². The van der Waals surface area contributed by atoms with E-state index in [1.165, 1.54) is 12.1 Å². The Kier molecular flexibility index (Phi) is 3.15. The normalized spacial score (nSPS) is 23.7. The minimum absolute atomic E-state index is 0.209. The molecule has 1 unspecified atom stereocenters. The second-order valence-corrected chi connectivity index (χ2v) is 4.96. The number of halogens is 1. The van der Waals surface area contributed by atoms with Crippen molar-refractivity contribution >= 4 is 5.91 Å². The molecule has 1 aliphatic heterocycles. The SMILES string of the molecule is Cc1cc(F)cc(C(=O)NC2(C)CCNC2)c1. The van der Waals surface area contributed by atoms with Gasteiger partial charge in [0.15, 0.2) is 0 Å². The molecule has 1 saturated heterocycles. The summed E-state index contributed by atoms with van der Waals surface area (Å²) in [5.74, 6) is -0.580. The highest BCUT2D eigenvalue weighted by molar-refractivity contribution is 5.94. The van der Waals surface area contributed by atoms with Crippen LogP contribution in [0.25, 0.3) is 0 Å². The van der Waals surface area contributed by atoms with Crippen LogP contribution in [0.4, 0.5) is 4.39 Å². The molecule has 0 aliphatic carbocycles. The fourth-order valence-corrected chi connectivity index (χ4v) is 2.14. The molecule has 1 fully saturated rings. The van der Waals surface area contributed by atoms with E-state index in [0.717, 1.165) is 25.1 Å². The Morgan fingerprint density at radius 2 is 2.24 bits per heavy atom. The lowest BCUT2D eigenvalue weighted by Crippen LogP contribution is -2.47. The Morgan fingerprint density at radius 3 is 2.82 bits per heavy atom. The summed E-state index contributed by atoms with van der Waals surface area (Å²) in [6.07, 6.45) is 0.896. The van der Waals surface area contributed by atoms with Gasteiger partial charge in [0.25, 0.3) is 5.91 Å². The van der Waals surface area contributed by atoms with E-state index in [-0.39, 0.29) is 17.3 Å². The maximum Gasteiger partial charge on any atom is 0.251 e. The molecule has 3 nitrogen and oxygen atoms in total. The van der Waals surface area contributed by atoms with Crippen molar-refractivity contribution in [1.82, 2.24) is 10.6 Å². The highest BCUT2D eigenvalue weighted by atomic mass is 19.1. The Hall–Kier alpha value is -1.42. The molecule has 0 spiro atoms. The first kappa shape index (κ1) is 12.0. The van der Waals surface area contributed by atoms with Gasteiger partial charge in [-0.2, -0.15) is 0 Å². The van der Waals surface area contributed by atoms with E-state index in [4.69, 9.17) is 0 Å². The Morgan fingerprint density at radius 1 is 1.47 bits per heavy atom. The first-order valence-corrected chi connectivity index (χ1v) is 5.79. The fourth-order valence-electron chi connectivity index (χ4n) is 2.14. The molecule has 2 N–H and O–H groups in total. The molecule has 0 bridgehead atoms. The molecule has 1 amide bonds. The number of rotatable bonds is 2. The number of amides is 1. The highest BCUT2D eigenvalue weighted by Crippen LogP contribution is 2.15. The molecule has 1 aliphatic rings. The average molecular weight is 236 g/mol. The van der Waals surface area contributed by atoms with E-state index >= 15 is 0 Å². The van der Waals surface area contributed by atoms with Crippen LogP contribution < -0.4 is 10.6 Å². The molecule has 0 saturated carbocycles. The lowest BCUT2D eigenvalue weighted by Gasteiger charge is -2.24. The van der Waals surface area contributed by atoms with Gasteiger partial charge >= 0.3 is 0 Å². The van der Waals surface area contributed by atoms with Crippen LogP contribution in [-0.2, 0) is 0 Å². The van der Waals surface area contributed by atoms with Gasteiger partial charge in [0, 0.05) is 12.1 Å². The van der Waals surface area contributed by atoms with Crippen molar-refractivity contribution in [2.45, 2.75) is 25.8 Å². The quantitative estimate of drug-likeness (QED) is 0.819. The summed E-state index contributed by atoms with van der Waals surface area (Å²) in [6.45, 7) is 5.43. The maximum absolute atomic E-state index is 13.2. The van der Waals surface area contributed by atoms with Crippen molar-refractivity contribution in [3.63, 3.8) is 0 Å². The van der Waals surface area contributed by atoms with Crippen LogP contribution in [0, 0.1) is 12.7 Å². The van der Waals surface area contributed by atoms with Crippen molar-refractivity contribution in [2.24, 2.45) is 0 Å². The number of aryl methyl sites for hydroxylation is 1. The van der Waals surface area contributed by atoms with Crippen LogP contribution in [0.5, 0.6) is 0 Å². The Labute approximate surface area is 100 Å². The first-order chi connectivity index (χ1) is 7.98. The lowest BCUT2D eigenvalue weighted by molar-refractivity contribution is 0.0912. The molecule has 1 aromatic rings. The fraction of sp³-hybridized carbons (Fsp3) is 0.462. The van der Waals surface area contributed by atoms with Gasteiger partial charge in [0.2, 0.25) is 0 Å². The summed E-state index contributed by atoms with van der Waals surface area (Å²) in [4.78, 5) is 12.0. The Bertz CT molecular complexity index is 419. The van der Waals surface area contributed by atoms with Gasteiger partial charge in [-0.05, 0) is 50.6 Å². The van der Waals surface area contributed by atoms with E-state index in [1.807, 2.05) is 6.92 Å². The minimum Gasteiger partial charge on any atom is -0.346 e. The molecule has 4 heteroatoms. The van der Waals surface area contributed by atoms with E-state index in [9.17, 15) is 9.18 Å². The summed E-state index contributed by atoms with van der Waals surface area (Å²) in [6, 6.07) is 4.38. The third-order valence-corrected chi connectivity index (χ3v) is 3.09. The highest BCUT2D eigenvalue weighted by Gasteiger charge is 2.30. The molecule has 0 aromatic heterocycles. The van der Waals surface area contributed by atoms with E-state index in [0.29, 0.717) is 5.56 Å². The summed E-state index contributed by atoms with van der Waals surface area (Å²) in [5.41, 5.74) is 0.914. The van der Waals surface area contributed by atoms with Crippen molar-refractivity contribution in [2.75, 3.05) is 13.1 Å². The zero-order chi connectivity index (χ0) is 12.5. The number of nitrogens with one attached hydrogen (secondary N) is 2. The van der Waals surface area contributed by atoms with Crippen LogP contribution >= 0.6 is 0 Å². The van der Waals surface area contributed by atoms with Crippen LogP contribution in [0.15, 0.2) is 18.2 Å². The number of carbonyl (C=O) groups is 1. The molecule has 2 rings (SSSR count). The molecule has 1 heterocycles. The van der Waals surface area contributed by atoms with Crippen LogP contribution in [0.2, 0.25) is 0 Å². The van der Waals surface area contributed by atoms with Crippen molar-refractivity contribution in [3.8, 4) is 0 Å². The number of hydrogen-bond acceptors (Lipinski definition) is 2. The topological polar surface area (TPSA) is 41.1 Å². The van der Waals surface area contributed by atoms with Crippen LogP contribution in [0.3, 0.4) is 0 Å². The summed E-state index contributed by atoms with van der Waals surface area (Å²) in [7, 11) is 0. The Balaban J connectivity index is 2.14. The third kappa shape index (κ3) is 2.82. The molecular formula is C13H17FN2O. The zero-order valence-electron chi connectivity index (χ0n) is 10.1. The molecule has 1 aromatic carbocycles. The van der Waals surface area contributed by atoms with Crippen LogP contribution in [0.1, 0.15) is 29.3 Å². The van der Waals surface area contributed by atoms with Crippen molar-refractivity contribution < 1.29 is 9.18 Å². The standard InChI is InChI=1S/C13H17FN2O/c1-9-5-10(7-11(14)6-9)12(17)16-13(2)3-4-15-8-13/h5-7,15H,3-4,8H2,1-2H3,(H,16,17). The van der Waals surface area contributed by atoms with Crippen molar-refractivity contribution in [1.29, 1.82) is 0 Å². The molecule has 1 atom stereocenters. The predicted octanol–water partition coefficient (Wildman–Crippen LogP) is 1.62. The van der Waals surface area contributed by atoms with E-state index in [2.05, 4.69) is 10.6 Å². The smallest absolute Gasteiger partial charge is 0.251 e. The summed E-state index contributed by atoms with van der Waals surface area (Å²) >= 11 is 0. The largest absolute Gasteiger partial charge is 0.346 e. The minimum atomic E-state index is -0.371. The first-order valence-electron chi connectivity index (χ1n) is 5.79. The maximum atomic E-state index is 13.2. The number of benzene rings is 1. The second kappa shape index (κ2) is 4.45. The van der Waals surface area contributed by atoms with Gasteiger partial charge < -0.3 is 10.6 Å². The van der Waals surface area contributed by atoms with Gasteiger partial charge in [0.05, 0.1) is 5.54 Å². The lowest BCUT2D eigenvalue weighted by atomic mass is 10.0. The molecule has 17 heavy (non-hydrogen) atoms. The zero-order valence-corrected chi connectivity index (χ0v) is 10.1. The number of hydrogen-bond donors (Lipinski definition) is 2. The monoisotopic (exact) mass is 236 g/mol. The van der Waals surface area contributed by atoms with Gasteiger partial charge in [-0.3, -0.25) is 4.79 Å². The van der Waals surface area contributed by atoms with Gasteiger partial charge in [-0.15, -0.1) is 0 Å². The second-order valence-electron chi connectivity index (χ2n) is 4.96. The van der Waals surface area contributed by atoms with Crippen molar-refractivity contribution in [3.05, 3.63) is 35.1 Å². The van der Waals surface area contributed by atoms with E-state index in [1.54, 1.807) is 13.0 Å². The van der Waals surface area contributed by atoms with Gasteiger partial charge in [-0.1, -0.05) is 0 Å². The predicted molar refractivity (Wildman–Crippen MR) is 64.5 cm³/mol. The third-order valence-electron chi connectivity index (χ3n) is 3.09. The number of carbonyl (C=O) groups excluding carboxylic acids is 1. The molecule has 92 valence electrons. The summed E-state index contributed by atoms with van der Waals surface area (Å²) in [5, 5.41) is 6.16. The summed E-state index contributed by atoms with van der Waals surface area (Å²) < 4.78 is 13.2. The van der Waals surface area contributed by atoms with Gasteiger partial charge in [0.1, 0.15) is 5.82 Å². The van der Waals surface area contributed by atoms with Gasteiger partial charge in [-0.25, -0.2) is 4.39 Å².